The SMILES string of the molecule is CC(C)CCNc1ncnc2ccc(-c3ccc(OCC#N)cc3)cc12. The van der Waals surface area contributed by atoms with Crippen molar-refractivity contribution in [2.45, 2.75) is 20.3 Å². The van der Waals surface area contributed by atoms with Gasteiger partial charge >= 0.3 is 0 Å². The lowest BCUT2D eigenvalue weighted by Gasteiger charge is -2.11. The maximum atomic E-state index is 8.59. The maximum Gasteiger partial charge on any atom is 0.174 e. The van der Waals surface area contributed by atoms with Crippen LogP contribution in [0.5, 0.6) is 5.75 Å². The molecule has 3 aromatic rings. The molecule has 0 aliphatic rings. The first-order chi connectivity index (χ1) is 12.7. The third kappa shape index (κ3) is 4.28. The molecule has 0 aliphatic heterocycles. The molecule has 1 aromatic heterocycles. The van der Waals surface area contributed by atoms with Crippen LogP contribution in [0, 0.1) is 17.2 Å². The largest absolute Gasteiger partial charge is 0.479 e. The van der Waals surface area contributed by atoms with Crippen molar-refractivity contribution < 1.29 is 4.74 Å². The van der Waals surface area contributed by atoms with Gasteiger partial charge in [-0.3, -0.25) is 0 Å². The molecule has 0 bridgehead atoms. The van der Waals surface area contributed by atoms with E-state index in [0.717, 1.165) is 40.8 Å². The number of anilines is 1. The number of hydrogen-bond donors (Lipinski definition) is 1. The number of benzene rings is 2. The van der Waals surface area contributed by atoms with Gasteiger partial charge in [0.1, 0.15) is 24.0 Å². The van der Waals surface area contributed by atoms with Crippen LogP contribution in [-0.2, 0) is 0 Å². The van der Waals surface area contributed by atoms with Gasteiger partial charge in [0, 0.05) is 11.9 Å². The lowest BCUT2D eigenvalue weighted by Crippen LogP contribution is -2.06. The number of nitrogens with zero attached hydrogens (tertiary/aromatic N) is 3. The Kier molecular flexibility index (Phi) is 5.65. The predicted octanol–water partition coefficient (Wildman–Crippen LogP) is 4.66. The van der Waals surface area contributed by atoms with Crippen LogP contribution in [0.4, 0.5) is 5.82 Å². The summed E-state index contributed by atoms with van der Waals surface area (Å²) >= 11 is 0. The molecule has 0 atom stereocenters. The Labute approximate surface area is 153 Å². The van der Waals surface area contributed by atoms with Gasteiger partial charge in [-0.1, -0.05) is 32.0 Å². The van der Waals surface area contributed by atoms with Crippen molar-refractivity contribution in [2.75, 3.05) is 18.5 Å². The Bertz CT molecular complexity index is 913. The second-order valence-electron chi connectivity index (χ2n) is 6.53. The lowest BCUT2D eigenvalue weighted by atomic mass is 10.0. The van der Waals surface area contributed by atoms with Crippen molar-refractivity contribution in [1.29, 1.82) is 5.26 Å². The zero-order valence-electron chi connectivity index (χ0n) is 15.1. The van der Waals surface area contributed by atoms with Crippen LogP contribution in [0.1, 0.15) is 20.3 Å². The highest BCUT2D eigenvalue weighted by Crippen LogP contribution is 2.28. The molecule has 0 saturated carbocycles. The molecule has 0 radical (unpaired) electrons. The fourth-order valence-corrected chi connectivity index (χ4v) is 2.72. The summed E-state index contributed by atoms with van der Waals surface area (Å²) in [6.07, 6.45) is 2.69. The highest BCUT2D eigenvalue weighted by Gasteiger charge is 2.07. The van der Waals surface area contributed by atoms with Crippen LogP contribution >= 0.6 is 0 Å². The molecule has 132 valence electrons. The van der Waals surface area contributed by atoms with Crippen LogP contribution in [0.25, 0.3) is 22.0 Å². The van der Waals surface area contributed by atoms with E-state index in [-0.39, 0.29) is 6.61 Å². The van der Waals surface area contributed by atoms with Gasteiger partial charge < -0.3 is 10.1 Å². The van der Waals surface area contributed by atoms with E-state index in [4.69, 9.17) is 10.00 Å². The first-order valence-corrected chi connectivity index (χ1v) is 8.76. The Hall–Kier alpha value is -3.13. The fourth-order valence-electron chi connectivity index (χ4n) is 2.72. The van der Waals surface area contributed by atoms with Crippen LogP contribution in [0.15, 0.2) is 48.8 Å². The highest BCUT2D eigenvalue weighted by molar-refractivity contribution is 5.92. The molecule has 0 saturated heterocycles. The van der Waals surface area contributed by atoms with Gasteiger partial charge in [-0.2, -0.15) is 5.26 Å². The Balaban J connectivity index is 1.86. The van der Waals surface area contributed by atoms with E-state index >= 15 is 0 Å². The molecule has 0 spiro atoms. The van der Waals surface area contributed by atoms with Crippen molar-refractivity contribution in [3.63, 3.8) is 0 Å². The second-order valence-corrected chi connectivity index (χ2v) is 6.53. The smallest absolute Gasteiger partial charge is 0.174 e. The van der Waals surface area contributed by atoms with Crippen molar-refractivity contribution in [3.8, 4) is 22.9 Å². The molecule has 1 heterocycles. The zero-order chi connectivity index (χ0) is 18.4. The first-order valence-electron chi connectivity index (χ1n) is 8.76. The van der Waals surface area contributed by atoms with Gasteiger partial charge in [0.25, 0.3) is 0 Å². The zero-order valence-corrected chi connectivity index (χ0v) is 15.1. The van der Waals surface area contributed by atoms with Gasteiger partial charge in [-0.15, -0.1) is 0 Å². The third-order valence-electron chi connectivity index (χ3n) is 4.14. The lowest BCUT2D eigenvalue weighted by molar-refractivity contribution is 0.368. The van der Waals surface area contributed by atoms with Crippen molar-refractivity contribution in [2.24, 2.45) is 5.92 Å². The van der Waals surface area contributed by atoms with Crippen LogP contribution in [0.3, 0.4) is 0 Å². The number of nitriles is 1. The van der Waals surface area contributed by atoms with E-state index < -0.39 is 0 Å². The van der Waals surface area contributed by atoms with E-state index in [1.165, 1.54) is 0 Å². The average molecular weight is 346 g/mol. The predicted molar refractivity (Wildman–Crippen MR) is 104 cm³/mol. The number of rotatable bonds is 7. The molecule has 0 amide bonds. The normalized spacial score (nSPS) is 10.7. The van der Waals surface area contributed by atoms with Gasteiger partial charge in [0.2, 0.25) is 0 Å². The summed E-state index contributed by atoms with van der Waals surface area (Å²) in [6, 6.07) is 15.9. The molecule has 0 aliphatic carbocycles. The molecule has 0 unspecified atom stereocenters. The Morgan fingerprint density at radius 2 is 1.85 bits per heavy atom. The van der Waals surface area contributed by atoms with Gasteiger partial charge in [0.15, 0.2) is 6.61 Å². The number of fused-ring (bicyclic) bond motifs is 1. The summed E-state index contributed by atoms with van der Waals surface area (Å²) in [5.41, 5.74) is 3.09. The molecule has 5 nitrogen and oxygen atoms in total. The number of aromatic nitrogens is 2. The topological polar surface area (TPSA) is 70.8 Å². The van der Waals surface area contributed by atoms with E-state index in [9.17, 15) is 0 Å². The standard InChI is InChI=1S/C21H22N4O/c1-15(2)9-11-23-21-19-13-17(5-8-20(19)24-14-25-21)16-3-6-18(7-4-16)26-12-10-22/h3-8,13-15H,9,11-12H2,1-2H3,(H,23,24,25). The average Bonchev–Trinajstić information content (AvgIpc) is 2.66. The van der Waals surface area contributed by atoms with Gasteiger partial charge in [0.05, 0.1) is 5.52 Å². The summed E-state index contributed by atoms with van der Waals surface area (Å²) in [5, 5.41) is 13.0. The second kappa shape index (κ2) is 8.30. The fraction of sp³-hybridized carbons (Fsp3) is 0.286. The third-order valence-corrected chi connectivity index (χ3v) is 4.14. The maximum absolute atomic E-state index is 8.59. The highest BCUT2D eigenvalue weighted by atomic mass is 16.5. The molecule has 5 heteroatoms. The number of nitrogens with one attached hydrogen (secondary N) is 1. The van der Waals surface area contributed by atoms with E-state index in [2.05, 4.69) is 41.3 Å². The first kappa shape index (κ1) is 17.7. The van der Waals surface area contributed by atoms with Crippen molar-refractivity contribution >= 4 is 16.7 Å². The van der Waals surface area contributed by atoms with Crippen LogP contribution < -0.4 is 10.1 Å². The molecule has 26 heavy (non-hydrogen) atoms. The summed E-state index contributed by atoms with van der Waals surface area (Å²) < 4.78 is 5.31. The Morgan fingerprint density at radius 1 is 1.08 bits per heavy atom. The summed E-state index contributed by atoms with van der Waals surface area (Å²) in [5.74, 6) is 2.20. The molecular formula is C21H22N4O. The van der Waals surface area contributed by atoms with E-state index in [1.807, 2.05) is 36.4 Å². The quantitative estimate of drug-likeness (QED) is 0.674. The minimum Gasteiger partial charge on any atom is -0.479 e. The van der Waals surface area contributed by atoms with E-state index in [1.54, 1.807) is 6.33 Å². The molecular weight excluding hydrogens is 324 g/mol. The Morgan fingerprint density at radius 3 is 2.58 bits per heavy atom. The molecule has 2 aromatic carbocycles. The molecule has 3 rings (SSSR count). The summed E-state index contributed by atoms with van der Waals surface area (Å²) in [6.45, 7) is 5.36. The minimum absolute atomic E-state index is 0.0536. The van der Waals surface area contributed by atoms with Crippen molar-refractivity contribution in [1.82, 2.24) is 9.97 Å². The van der Waals surface area contributed by atoms with Crippen LogP contribution in [0.2, 0.25) is 0 Å². The molecule has 1 N–H and O–H groups in total. The van der Waals surface area contributed by atoms with Crippen molar-refractivity contribution in [3.05, 3.63) is 48.8 Å². The van der Waals surface area contributed by atoms with Crippen LogP contribution in [-0.4, -0.2) is 23.1 Å². The number of ether oxygens (including phenoxy) is 1. The van der Waals surface area contributed by atoms with E-state index in [0.29, 0.717) is 11.7 Å². The van der Waals surface area contributed by atoms with Gasteiger partial charge in [-0.25, -0.2) is 9.97 Å². The number of hydrogen-bond acceptors (Lipinski definition) is 5. The van der Waals surface area contributed by atoms with Gasteiger partial charge in [-0.05, 0) is 47.7 Å². The monoisotopic (exact) mass is 346 g/mol. The minimum atomic E-state index is 0.0536. The summed E-state index contributed by atoms with van der Waals surface area (Å²) in [4.78, 5) is 8.78. The summed E-state index contributed by atoms with van der Waals surface area (Å²) in [7, 11) is 0. The molecule has 0 fully saturated rings.